The molecule has 0 bridgehead atoms. The molecule has 1 aliphatic rings. The molecule has 174 valence electrons. The van der Waals surface area contributed by atoms with E-state index >= 15 is 0 Å². The molecule has 0 saturated carbocycles. The summed E-state index contributed by atoms with van der Waals surface area (Å²) in [6.45, 7) is 7.86. The predicted octanol–water partition coefficient (Wildman–Crippen LogP) is 4.34. The number of aromatic nitrogens is 2. The summed E-state index contributed by atoms with van der Waals surface area (Å²) in [4.78, 5) is 24.6. The number of ketones is 1. The third-order valence-electron chi connectivity index (χ3n) is 5.89. The van der Waals surface area contributed by atoms with Crippen molar-refractivity contribution in [2.24, 2.45) is 0 Å². The number of nitrogens with zero attached hydrogens (tertiary/aromatic N) is 4. The van der Waals surface area contributed by atoms with Crippen LogP contribution in [-0.4, -0.2) is 61.8 Å². The van der Waals surface area contributed by atoms with Crippen molar-refractivity contribution in [1.29, 1.82) is 0 Å². The van der Waals surface area contributed by atoms with Gasteiger partial charge in [-0.25, -0.2) is 4.98 Å². The minimum atomic E-state index is 0.0510. The van der Waals surface area contributed by atoms with E-state index in [2.05, 4.69) is 23.7 Å². The molecule has 7 nitrogen and oxygen atoms in total. The zero-order valence-electron chi connectivity index (χ0n) is 19.5. The van der Waals surface area contributed by atoms with Crippen LogP contribution in [0.2, 0.25) is 5.02 Å². The standard InChI is InChI=1S/C24H33ClN4O3/c1-16(12-18(3)30)19-6-8-20(9-7-19)32-21-10-11-29(14-21)23-22(25)13-26-24(27-23)28(4)17(2)15-31-5/h6-9,13,16-17,21H,10-12,14-15H2,1-5H3/t16-,17-,21-/m1/s1. The van der Waals surface area contributed by atoms with E-state index in [-0.39, 0.29) is 23.8 Å². The number of hydrogen-bond donors (Lipinski definition) is 0. The Labute approximate surface area is 195 Å². The Balaban J connectivity index is 1.63. The lowest BCUT2D eigenvalue weighted by molar-refractivity contribution is -0.117. The van der Waals surface area contributed by atoms with Gasteiger partial charge in [-0.3, -0.25) is 0 Å². The Morgan fingerprint density at radius 1 is 1.31 bits per heavy atom. The largest absolute Gasteiger partial charge is 0.489 e. The lowest BCUT2D eigenvalue weighted by Crippen LogP contribution is -2.34. The van der Waals surface area contributed by atoms with Gasteiger partial charge < -0.3 is 24.1 Å². The van der Waals surface area contributed by atoms with E-state index < -0.39 is 0 Å². The third-order valence-corrected chi connectivity index (χ3v) is 6.15. The molecular weight excluding hydrogens is 428 g/mol. The number of likely N-dealkylation sites (N-methyl/N-ethyl adjacent to an activating group) is 1. The summed E-state index contributed by atoms with van der Waals surface area (Å²) in [5.74, 6) is 2.59. The first-order valence-corrected chi connectivity index (χ1v) is 11.4. The van der Waals surface area contributed by atoms with E-state index in [1.165, 1.54) is 0 Å². The molecule has 2 heterocycles. The highest BCUT2D eigenvalue weighted by molar-refractivity contribution is 6.32. The summed E-state index contributed by atoms with van der Waals surface area (Å²) in [6, 6.07) is 8.19. The Kier molecular flexibility index (Phi) is 8.32. The zero-order valence-corrected chi connectivity index (χ0v) is 20.3. The SMILES string of the molecule is COC[C@@H](C)N(C)c1ncc(Cl)c(N2CC[C@@H](Oc3ccc([C@H](C)CC(C)=O)cc3)C2)n1. The van der Waals surface area contributed by atoms with Crippen LogP contribution in [0, 0.1) is 0 Å². The number of Topliss-reactive ketones (excluding diaryl/α,β-unsaturated/α-hetero) is 1. The second-order valence-electron chi connectivity index (χ2n) is 8.61. The third kappa shape index (κ3) is 6.11. The van der Waals surface area contributed by atoms with E-state index in [0.29, 0.717) is 30.5 Å². The summed E-state index contributed by atoms with van der Waals surface area (Å²) >= 11 is 6.44. The average molecular weight is 461 g/mol. The van der Waals surface area contributed by atoms with Crippen molar-refractivity contribution in [3.8, 4) is 5.75 Å². The van der Waals surface area contributed by atoms with Gasteiger partial charge in [-0.1, -0.05) is 30.7 Å². The van der Waals surface area contributed by atoms with Crippen LogP contribution < -0.4 is 14.5 Å². The smallest absolute Gasteiger partial charge is 0.227 e. The molecular formula is C24H33ClN4O3. The van der Waals surface area contributed by atoms with E-state index in [1.807, 2.05) is 36.2 Å². The van der Waals surface area contributed by atoms with Gasteiger partial charge in [-0.2, -0.15) is 4.98 Å². The number of rotatable bonds is 10. The van der Waals surface area contributed by atoms with Crippen LogP contribution in [0.3, 0.4) is 0 Å². The number of anilines is 2. The number of ether oxygens (including phenoxy) is 2. The molecule has 32 heavy (non-hydrogen) atoms. The van der Waals surface area contributed by atoms with Crippen molar-refractivity contribution in [2.75, 3.05) is 43.7 Å². The van der Waals surface area contributed by atoms with Gasteiger partial charge in [0.25, 0.3) is 0 Å². The molecule has 2 aromatic rings. The van der Waals surface area contributed by atoms with Gasteiger partial charge in [-0.05, 0) is 37.5 Å². The van der Waals surface area contributed by atoms with Crippen LogP contribution >= 0.6 is 11.6 Å². The number of benzene rings is 1. The van der Waals surface area contributed by atoms with Gasteiger partial charge in [0, 0.05) is 33.5 Å². The van der Waals surface area contributed by atoms with Crippen LogP contribution in [0.1, 0.15) is 45.1 Å². The van der Waals surface area contributed by atoms with E-state index in [4.69, 9.17) is 26.1 Å². The van der Waals surface area contributed by atoms with Crippen molar-refractivity contribution in [2.45, 2.75) is 51.7 Å². The van der Waals surface area contributed by atoms with Crippen LogP contribution in [0.15, 0.2) is 30.5 Å². The normalized spacial score (nSPS) is 17.8. The van der Waals surface area contributed by atoms with Gasteiger partial charge in [0.1, 0.15) is 22.7 Å². The minimum Gasteiger partial charge on any atom is -0.489 e. The van der Waals surface area contributed by atoms with Crippen molar-refractivity contribution < 1.29 is 14.3 Å². The molecule has 3 atom stereocenters. The van der Waals surface area contributed by atoms with Gasteiger partial charge >= 0.3 is 0 Å². The summed E-state index contributed by atoms with van der Waals surface area (Å²) in [6.07, 6.45) is 3.15. The fourth-order valence-corrected chi connectivity index (χ4v) is 4.13. The molecule has 1 aromatic heterocycles. The van der Waals surface area contributed by atoms with Crippen LogP contribution in [-0.2, 0) is 9.53 Å². The van der Waals surface area contributed by atoms with E-state index in [9.17, 15) is 4.79 Å². The first-order chi connectivity index (χ1) is 15.3. The van der Waals surface area contributed by atoms with Crippen molar-refractivity contribution >= 4 is 29.2 Å². The fourth-order valence-electron chi connectivity index (χ4n) is 3.92. The number of halogens is 1. The van der Waals surface area contributed by atoms with E-state index in [1.54, 1.807) is 20.2 Å². The fraction of sp³-hybridized carbons (Fsp3) is 0.542. The van der Waals surface area contributed by atoms with Gasteiger partial charge in [-0.15, -0.1) is 0 Å². The maximum atomic E-state index is 11.4. The summed E-state index contributed by atoms with van der Waals surface area (Å²) in [5, 5.41) is 0.533. The quantitative estimate of drug-likeness (QED) is 0.522. The Bertz CT molecular complexity index is 909. The van der Waals surface area contributed by atoms with Gasteiger partial charge in [0.15, 0.2) is 5.82 Å². The predicted molar refractivity (Wildman–Crippen MR) is 128 cm³/mol. The maximum absolute atomic E-state index is 11.4. The molecule has 3 rings (SSSR count). The second kappa shape index (κ2) is 11.0. The first kappa shape index (κ1) is 24.3. The Morgan fingerprint density at radius 2 is 2.03 bits per heavy atom. The Hall–Kier alpha value is -2.38. The summed E-state index contributed by atoms with van der Waals surface area (Å²) < 4.78 is 11.5. The molecule has 1 saturated heterocycles. The average Bonchev–Trinajstić information content (AvgIpc) is 3.22. The number of hydrogen-bond acceptors (Lipinski definition) is 7. The topological polar surface area (TPSA) is 67.8 Å². The molecule has 1 fully saturated rings. The minimum absolute atomic E-state index is 0.0510. The molecule has 0 amide bonds. The van der Waals surface area contributed by atoms with Crippen molar-refractivity contribution in [3.63, 3.8) is 0 Å². The number of carbonyl (C=O) groups is 1. The van der Waals surface area contributed by atoms with Crippen LogP contribution in [0.4, 0.5) is 11.8 Å². The number of methoxy groups -OCH3 is 1. The molecule has 0 spiro atoms. The summed E-state index contributed by atoms with van der Waals surface area (Å²) in [5.41, 5.74) is 1.15. The molecule has 0 radical (unpaired) electrons. The molecule has 1 aliphatic heterocycles. The molecule has 0 unspecified atom stereocenters. The van der Waals surface area contributed by atoms with Crippen molar-refractivity contribution in [3.05, 3.63) is 41.0 Å². The Morgan fingerprint density at radius 3 is 2.69 bits per heavy atom. The molecule has 1 aromatic carbocycles. The zero-order chi connectivity index (χ0) is 23.3. The lowest BCUT2D eigenvalue weighted by atomic mass is 9.96. The van der Waals surface area contributed by atoms with Gasteiger partial charge in [0.2, 0.25) is 5.95 Å². The highest BCUT2D eigenvalue weighted by Crippen LogP contribution is 2.30. The van der Waals surface area contributed by atoms with Gasteiger partial charge in [0.05, 0.1) is 25.4 Å². The molecule has 0 aliphatic carbocycles. The van der Waals surface area contributed by atoms with Crippen molar-refractivity contribution in [1.82, 2.24) is 9.97 Å². The van der Waals surface area contributed by atoms with Crippen LogP contribution in [0.25, 0.3) is 0 Å². The summed E-state index contributed by atoms with van der Waals surface area (Å²) in [7, 11) is 3.64. The lowest BCUT2D eigenvalue weighted by Gasteiger charge is -2.26. The van der Waals surface area contributed by atoms with E-state index in [0.717, 1.165) is 30.1 Å². The highest BCUT2D eigenvalue weighted by atomic mass is 35.5. The first-order valence-electron chi connectivity index (χ1n) is 11.0. The molecule has 8 heteroatoms. The molecule has 0 N–H and O–H groups in total. The number of carbonyl (C=O) groups excluding carboxylic acids is 1. The highest BCUT2D eigenvalue weighted by Gasteiger charge is 2.27. The maximum Gasteiger partial charge on any atom is 0.227 e. The monoisotopic (exact) mass is 460 g/mol. The van der Waals surface area contributed by atoms with Crippen LogP contribution in [0.5, 0.6) is 5.75 Å². The second-order valence-corrected chi connectivity index (χ2v) is 9.01.